The number of aromatic nitrogens is 3. The van der Waals surface area contributed by atoms with E-state index in [2.05, 4.69) is 11.1 Å². The average Bonchev–Trinajstić information content (AvgIpc) is 3.39. The predicted molar refractivity (Wildman–Crippen MR) is 139 cm³/mol. The van der Waals surface area contributed by atoms with Crippen LogP contribution in [-0.4, -0.2) is 26.9 Å². The van der Waals surface area contributed by atoms with E-state index in [0.29, 0.717) is 47.0 Å². The van der Waals surface area contributed by atoms with Crippen LogP contribution in [0.1, 0.15) is 72.0 Å². The molecule has 2 bridgehead atoms. The van der Waals surface area contributed by atoms with Gasteiger partial charge in [-0.1, -0.05) is 18.2 Å². The van der Waals surface area contributed by atoms with Crippen LogP contribution in [0.2, 0.25) is 0 Å². The molecule has 4 aromatic rings. The Balaban J connectivity index is 1.31. The van der Waals surface area contributed by atoms with Gasteiger partial charge < -0.3 is 15.0 Å². The van der Waals surface area contributed by atoms with Crippen molar-refractivity contribution in [3.8, 4) is 22.9 Å². The van der Waals surface area contributed by atoms with Crippen LogP contribution < -0.4 is 10.5 Å². The molecule has 0 saturated heterocycles. The normalized spacial score (nSPS) is 26.7. The number of hydrogen-bond donors (Lipinski definition) is 1. The number of imidazole rings is 1. The summed E-state index contributed by atoms with van der Waals surface area (Å²) in [4.78, 5) is 22.2. The molecule has 1 fully saturated rings. The van der Waals surface area contributed by atoms with E-state index in [0.717, 1.165) is 11.3 Å². The van der Waals surface area contributed by atoms with E-state index in [9.17, 15) is 18.8 Å². The van der Waals surface area contributed by atoms with Crippen molar-refractivity contribution in [2.45, 2.75) is 56.7 Å². The smallest absolute Gasteiger partial charge is 0.387 e. The summed E-state index contributed by atoms with van der Waals surface area (Å²) in [6, 6.07) is 13.4. The number of nitrogens with two attached hydrogens (primary N) is 1. The lowest BCUT2D eigenvalue weighted by molar-refractivity contribution is -0.0507. The molecule has 2 aliphatic carbocycles. The number of alkyl halides is 2. The fraction of sp³-hybridized carbons (Fsp3) is 0.333. The quantitative estimate of drug-likeness (QED) is 0.339. The van der Waals surface area contributed by atoms with E-state index < -0.39 is 29.4 Å². The largest absolute Gasteiger partial charge is 0.434 e. The number of nitriles is 1. The van der Waals surface area contributed by atoms with Gasteiger partial charge in [-0.3, -0.25) is 9.78 Å². The first-order chi connectivity index (χ1) is 19.1. The molecule has 40 heavy (non-hydrogen) atoms. The van der Waals surface area contributed by atoms with Gasteiger partial charge in [-0.05, 0) is 56.0 Å². The standard InChI is InChI=1S/C30H24F3N5O2/c1-29(14-34)12-30(35,13-29)26-19(31)7-17(11-36-26)15-5-6-20-21(8-15)38-22-9-16(27(38)37-20)10-23(39)18-3-2-4-24(25(18)22)40-28(32)33/h2-8,11,16,22,28H,9-10,12-13,35H2,1H3/t16-,22+,29?,30?/m0/s1. The molecule has 0 radical (unpaired) electrons. The first-order valence-corrected chi connectivity index (χ1v) is 13.1. The van der Waals surface area contributed by atoms with Gasteiger partial charge in [-0.15, -0.1) is 0 Å². The number of ether oxygens (including phenoxy) is 1. The molecule has 10 heteroatoms. The molecule has 3 heterocycles. The van der Waals surface area contributed by atoms with Gasteiger partial charge in [0.1, 0.15) is 17.4 Å². The van der Waals surface area contributed by atoms with Crippen LogP contribution >= 0.6 is 0 Å². The number of Topliss-reactive ketones (excluding diaryl/α,β-unsaturated/α-hetero) is 1. The number of halogens is 3. The predicted octanol–water partition coefficient (Wildman–Crippen LogP) is 5.98. The first kappa shape index (κ1) is 24.8. The van der Waals surface area contributed by atoms with E-state index in [1.54, 1.807) is 25.3 Å². The molecular formula is C30H24F3N5O2. The van der Waals surface area contributed by atoms with Crippen molar-refractivity contribution in [1.82, 2.24) is 14.5 Å². The second kappa shape index (κ2) is 8.38. The Hall–Kier alpha value is -4.23. The molecule has 0 unspecified atom stereocenters. The molecule has 2 aromatic heterocycles. The molecular weight excluding hydrogens is 519 g/mol. The lowest BCUT2D eigenvalue weighted by atomic mass is 9.58. The fourth-order valence-corrected chi connectivity index (χ4v) is 7.02. The van der Waals surface area contributed by atoms with Gasteiger partial charge >= 0.3 is 6.61 Å². The van der Waals surface area contributed by atoms with Crippen LogP contribution in [-0.2, 0) is 5.54 Å². The Morgan fingerprint density at radius 2 is 2.00 bits per heavy atom. The number of hydrogen-bond acceptors (Lipinski definition) is 6. The summed E-state index contributed by atoms with van der Waals surface area (Å²) in [6.07, 6.45) is 2.99. The third-order valence-electron chi connectivity index (χ3n) is 8.58. The Kier molecular flexibility index (Phi) is 5.20. The highest BCUT2D eigenvalue weighted by atomic mass is 19.3. The number of carbonyl (C=O) groups excluding carboxylic acids is 1. The summed E-state index contributed by atoms with van der Waals surface area (Å²) in [5, 5.41) is 9.33. The zero-order valence-electron chi connectivity index (χ0n) is 21.5. The Morgan fingerprint density at radius 1 is 1.20 bits per heavy atom. The van der Waals surface area contributed by atoms with Crippen LogP contribution in [0.15, 0.2) is 48.7 Å². The maximum absolute atomic E-state index is 15.3. The summed E-state index contributed by atoms with van der Waals surface area (Å²) in [5.41, 5.74) is 8.46. The van der Waals surface area contributed by atoms with E-state index in [1.165, 1.54) is 12.1 Å². The SMILES string of the molecule is CC1(C#N)CC(N)(c2ncc(-c3ccc4nc5n(c4c3)[C@@H]3C[C@H]5CC(=O)c4cccc(OC(F)F)c43)cc2F)C1. The van der Waals surface area contributed by atoms with Crippen molar-refractivity contribution in [1.29, 1.82) is 5.26 Å². The summed E-state index contributed by atoms with van der Waals surface area (Å²) < 4.78 is 48.7. The number of rotatable bonds is 4. The van der Waals surface area contributed by atoms with E-state index in [4.69, 9.17) is 15.5 Å². The Bertz CT molecular complexity index is 1770. The number of nitrogens with zero attached hydrogens (tertiary/aromatic N) is 4. The maximum Gasteiger partial charge on any atom is 0.387 e. The lowest BCUT2D eigenvalue weighted by Gasteiger charge is -2.48. The second-order valence-electron chi connectivity index (χ2n) is 11.5. The zero-order valence-corrected chi connectivity index (χ0v) is 21.5. The lowest BCUT2D eigenvalue weighted by Crippen LogP contribution is -2.54. The summed E-state index contributed by atoms with van der Waals surface area (Å²) in [5.74, 6) is -0.119. The van der Waals surface area contributed by atoms with Gasteiger partial charge in [0.25, 0.3) is 0 Å². The van der Waals surface area contributed by atoms with Crippen LogP contribution in [0.5, 0.6) is 5.75 Å². The molecule has 2 aromatic carbocycles. The highest BCUT2D eigenvalue weighted by molar-refractivity contribution is 6.00. The van der Waals surface area contributed by atoms with Crippen LogP contribution in [0.3, 0.4) is 0 Å². The van der Waals surface area contributed by atoms with E-state index >= 15 is 4.39 Å². The topological polar surface area (TPSA) is 107 Å². The van der Waals surface area contributed by atoms with E-state index in [1.807, 2.05) is 22.8 Å². The minimum absolute atomic E-state index is 0.0154. The molecule has 0 spiro atoms. The van der Waals surface area contributed by atoms with Crippen molar-refractivity contribution in [2.24, 2.45) is 11.1 Å². The number of carbonyl (C=O) groups is 1. The summed E-state index contributed by atoms with van der Waals surface area (Å²) in [6.45, 7) is -1.23. The highest BCUT2D eigenvalue weighted by Crippen LogP contribution is 2.53. The minimum Gasteiger partial charge on any atom is -0.434 e. The summed E-state index contributed by atoms with van der Waals surface area (Å²) >= 11 is 0. The van der Waals surface area contributed by atoms with Crippen molar-refractivity contribution in [2.75, 3.05) is 0 Å². The maximum atomic E-state index is 15.3. The van der Waals surface area contributed by atoms with E-state index in [-0.39, 0.29) is 29.6 Å². The number of fused-ring (bicyclic) bond motifs is 9. The van der Waals surface area contributed by atoms with Gasteiger partial charge in [-0.25, -0.2) is 9.37 Å². The van der Waals surface area contributed by atoms with Crippen LogP contribution in [0, 0.1) is 22.6 Å². The van der Waals surface area contributed by atoms with Crippen LogP contribution in [0.25, 0.3) is 22.2 Å². The second-order valence-corrected chi connectivity index (χ2v) is 11.5. The molecule has 1 aliphatic heterocycles. The first-order valence-electron chi connectivity index (χ1n) is 13.1. The third kappa shape index (κ3) is 3.57. The molecule has 1 saturated carbocycles. The minimum atomic E-state index is -3.03. The van der Waals surface area contributed by atoms with Crippen LogP contribution in [0.4, 0.5) is 13.2 Å². The Morgan fingerprint density at radius 3 is 2.73 bits per heavy atom. The molecule has 7 rings (SSSR count). The van der Waals surface area contributed by atoms with Crippen molar-refractivity contribution >= 4 is 16.8 Å². The van der Waals surface area contributed by atoms with Gasteiger partial charge in [-0.2, -0.15) is 14.0 Å². The van der Waals surface area contributed by atoms with Gasteiger partial charge in [0.05, 0.1) is 39.8 Å². The highest BCUT2D eigenvalue weighted by Gasteiger charge is 2.53. The van der Waals surface area contributed by atoms with Crippen molar-refractivity contribution < 1.29 is 22.7 Å². The molecule has 202 valence electrons. The third-order valence-corrected chi connectivity index (χ3v) is 8.58. The Labute approximate surface area is 227 Å². The van der Waals surface area contributed by atoms with Crippen molar-refractivity contribution in [3.63, 3.8) is 0 Å². The van der Waals surface area contributed by atoms with Crippen molar-refractivity contribution in [3.05, 3.63) is 77.1 Å². The van der Waals surface area contributed by atoms with Gasteiger partial charge in [0.15, 0.2) is 5.78 Å². The monoisotopic (exact) mass is 543 g/mol. The fourth-order valence-electron chi connectivity index (χ4n) is 7.02. The number of benzene rings is 2. The molecule has 2 atom stereocenters. The average molecular weight is 544 g/mol. The molecule has 0 amide bonds. The zero-order chi connectivity index (χ0) is 28.0. The molecule has 3 aliphatic rings. The van der Waals surface area contributed by atoms with Gasteiger partial charge in [0, 0.05) is 35.2 Å². The van der Waals surface area contributed by atoms with Gasteiger partial charge in [0.2, 0.25) is 0 Å². The number of ketones is 1. The number of pyridine rings is 1. The summed E-state index contributed by atoms with van der Waals surface area (Å²) in [7, 11) is 0. The molecule has 2 N–H and O–H groups in total. The molecule has 7 nitrogen and oxygen atoms in total.